The molecule has 1 unspecified atom stereocenters. The van der Waals surface area contributed by atoms with Crippen LogP contribution in [0, 0.1) is 0 Å². The molecule has 1 aliphatic rings. The second-order valence-electron chi connectivity index (χ2n) is 6.39. The molecule has 0 N–H and O–H groups in total. The third-order valence-corrected chi connectivity index (χ3v) is 4.85. The highest BCUT2D eigenvalue weighted by molar-refractivity contribution is 6.02. The molecular formula is C19H24N4O3. The lowest BCUT2D eigenvalue weighted by atomic mass is 10.1. The van der Waals surface area contributed by atoms with Crippen molar-refractivity contribution in [3.63, 3.8) is 0 Å². The highest BCUT2D eigenvalue weighted by atomic mass is 16.5. The van der Waals surface area contributed by atoms with Crippen LogP contribution in [-0.2, 0) is 24.8 Å². The standard InChI is InChI=1S/C19H24N4O3/c1-5-16-15(18(26-4)21(3)20-16)11-23-17(24)12-22(19(23)25)13(2)14-9-7-6-8-10-14/h6-10,13H,5,11-12H2,1-4H3. The Morgan fingerprint density at radius 1 is 1.23 bits per heavy atom. The summed E-state index contributed by atoms with van der Waals surface area (Å²) in [5.41, 5.74) is 2.62. The number of carbonyl (C=O) groups is 2. The minimum absolute atomic E-state index is 0.0823. The first-order valence-corrected chi connectivity index (χ1v) is 8.72. The fourth-order valence-corrected chi connectivity index (χ4v) is 3.39. The van der Waals surface area contributed by atoms with Gasteiger partial charge in [-0.15, -0.1) is 0 Å². The van der Waals surface area contributed by atoms with E-state index in [0.29, 0.717) is 12.3 Å². The van der Waals surface area contributed by atoms with E-state index >= 15 is 0 Å². The minimum Gasteiger partial charge on any atom is -0.481 e. The Balaban J connectivity index is 1.85. The number of ether oxygens (including phenoxy) is 1. The van der Waals surface area contributed by atoms with Gasteiger partial charge in [0.25, 0.3) is 5.91 Å². The molecule has 7 heteroatoms. The van der Waals surface area contributed by atoms with Crippen molar-refractivity contribution in [1.29, 1.82) is 0 Å². The summed E-state index contributed by atoms with van der Waals surface area (Å²) in [5.74, 6) is 0.378. The van der Waals surface area contributed by atoms with E-state index in [1.807, 2.05) is 44.2 Å². The average Bonchev–Trinajstić information content (AvgIpc) is 3.12. The summed E-state index contributed by atoms with van der Waals surface area (Å²) in [7, 11) is 3.36. The number of urea groups is 1. The number of hydrogen-bond acceptors (Lipinski definition) is 4. The van der Waals surface area contributed by atoms with Gasteiger partial charge in [0.05, 0.1) is 31.0 Å². The van der Waals surface area contributed by atoms with Gasteiger partial charge in [0.1, 0.15) is 6.54 Å². The second kappa shape index (κ2) is 7.19. The molecule has 1 fully saturated rings. The second-order valence-corrected chi connectivity index (χ2v) is 6.39. The van der Waals surface area contributed by atoms with Crippen LogP contribution in [0.5, 0.6) is 5.88 Å². The molecule has 0 spiro atoms. The number of aromatic nitrogens is 2. The third-order valence-electron chi connectivity index (χ3n) is 4.85. The zero-order chi connectivity index (χ0) is 18.8. The summed E-state index contributed by atoms with van der Waals surface area (Å²) in [6, 6.07) is 9.27. The number of aryl methyl sites for hydroxylation is 2. The van der Waals surface area contributed by atoms with Gasteiger partial charge in [-0.3, -0.25) is 9.69 Å². The number of methoxy groups -OCH3 is 1. The SMILES string of the molecule is CCc1nn(C)c(OC)c1CN1C(=O)CN(C(C)c2ccccc2)C1=O. The molecule has 3 amide bonds. The monoisotopic (exact) mass is 356 g/mol. The Bertz CT molecular complexity index is 816. The van der Waals surface area contributed by atoms with Crippen LogP contribution in [-0.4, -0.2) is 45.2 Å². The van der Waals surface area contributed by atoms with Crippen molar-refractivity contribution in [3.05, 3.63) is 47.2 Å². The summed E-state index contributed by atoms with van der Waals surface area (Å²) in [5, 5.41) is 4.42. The van der Waals surface area contributed by atoms with Crippen LogP contribution in [0.3, 0.4) is 0 Å². The molecule has 0 bridgehead atoms. The van der Waals surface area contributed by atoms with Crippen molar-refractivity contribution in [2.75, 3.05) is 13.7 Å². The number of imide groups is 1. The van der Waals surface area contributed by atoms with E-state index in [4.69, 9.17) is 4.74 Å². The van der Waals surface area contributed by atoms with Crippen LogP contribution >= 0.6 is 0 Å². The van der Waals surface area contributed by atoms with E-state index in [2.05, 4.69) is 5.10 Å². The normalized spacial score (nSPS) is 15.7. The molecule has 3 rings (SSSR count). The van der Waals surface area contributed by atoms with Crippen LogP contribution < -0.4 is 4.74 Å². The summed E-state index contributed by atoms with van der Waals surface area (Å²) in [6.45, 7) is 4.18. The van der Waals surface area contributed by atoms with E-state index in [0.717, 1.165) is 16.8 Å². The molecule has 7 nitrogen and oxygen atoms in total. The number of rotatable bonds is 6. The third kappa shape index (κ3) is 3.05. The van der Waals surface area contributed by atoms with E-state index in [1.165, 1.54) is 4.90 Å². The molecule has 0 aliphatic carbocycles. The number of carbonyl (C=O) groups excluding carboxylic acids is 2. The van der Waals surface area contributed by atoms with E-state index in [-0.39, 0.29) is 31.1 Å². The summed E-state index contributed by atoms with van der Waals surface area (Å²) < 4.78 is 7.06. The first-order valence-electron chi connectivity index (χ1n) is 8.72. The van der Waals surface area contributed by atoms with Gasteiger partial charge in [-0.1, -0.05) is 37.3 Å². The summed E-state index contributed by atoms with van der Waals surface area (Å²) >= 11 is 0. The lowest BCUT2D eigenvalue weighted by Crippen LogP contribution is -2.34. The summed E-state index contributed by atoms with van der Waals surface area (Å²) in [4.78, 5) is 28.3. The maximum absolute atomic E-state index is 12.9. The van der Waals surface area contributed by atoms with Gasteiger partial charge in [-0.2, -0.15) is 5.10 Å². The first kappa shape index (κ1) is 18.0. The Morgan fingerprint density at radius 2 is 1.92 bits per heavy atom. The molecule has 2 heterocycles. The Kier molecular flexibility index (Phi) is 4.97. The fraction of sp³-hybridized carbons (Fsp3) is 0.421. The average molecular weight is 356 g/mol. The first-order chi connectivity index (χ1) is 12.5. The zero-order valence-electron chi connectivity index (χ0n) is 15.6. The van der Waals surface area contributed by atoms with E-state index in [1.54, 1.807) is 23.7 Å². The molecule has 26 heavy (non-hydrogen) atoms. The molecule has 2 aromatic rings. The molecule has 1 saturated heterocycles. The van der Waals surface area contributed by atoms with Crippen molar-refractivity contribution in [1.82, 2.24) is 19.6 Å². The van der Waals surface area contributed by atoms with Crippen molar-refractivity contribution in [3.8, 4) is 5.88 Å². The molecule has 1 aromatic heterocycles. The number of nitrogens with zero attached hydrogens (tertiary/aromatic N) is 4. The molecule has 1 atom stereocenters. The van der Waals surface area contributed by atoms with E-state index < -0.39 is 0 Å². The topological polar surface area (TPSA) is 67.7 Å². The van der Waals surface area contributed by atoms with Crippen molar-refractivity contribution < 1.29 is 14.3 Å². The molecule has 1 aliphatic heterocycles. The van der Waals surface area contributed by atoms with Crippen LogP contribution in [0.25, 0.3) is 0 Å². The summed E-state index contributed by atoms with van der Waals surface area (Å²) in [6.07, 6.45) is 0.701. The van der Waals surface area contributed by atoms with Gasteiger partial charge in [-0.05, 0) is 18.9 Å². The maximum atomic E-state index is 12.9. The molecular weight excluding hydrogens is 332 g/mol. The predicted octanol–water partition coefficient (Wildman–Crippen LogP) is 2.52. The number of benzene rings is 1. The largest absolute Gasteiger partial charge is 0.481 e. The Hall–Kier alpha value is -2.83. The van der Waals surface area contributed by atoms with Gasteiger partial charge < -0.3 is 9.64 Å². The van der Waals surface area contributed by atoms with Crippen molar-refractivity contribution in [2.24, 2.45) is 7.05 Å². The highest BCUT2D eigenvalue weighted by Gasteiger charge is 2.39. The van der Waals surface area contributed by atoms with Gasteiger partial charge >= 0.3 is 6.03 Å². The number of hydrogen-bond donors (Lipinski definition) is 0. The van der Waals surface area contributed by atoms with Gasteiger partial charge in [-0.25, -0.2) is 9.48 Å². The van der Waals surface area contributed by atoms with Crippen molar-refractivity contribution >= 4 is 11.9 Å². The predicted molar refractivity (Wildman–Crippen MR) is 96.6 cm³/mol. The lowest BCUT2D eigenvalue weighted by Gasteiger charge is -2.24. The maximum Gasteiger partial charge on any atom is 0.328 e. The van der Waals surface area contributed by atoms with Crippen LogP contribution in [0.15, 0.2) is 30.3 Å². The fourth-order valence-electron chi connectivity index (χ4n) is 3.39. The van der Waals surface area contributed by atoms with Gasteiger partial charge in [0.15, 0.2) is 0 Å². The smallest absolute Gasteiger partial charge is 0.328 e. The van der Waals surface area contributed by atoms with Crippen LogP contribution in [0.4, 0.5) is 4.79 Å². The molecule has 0 saturated carbocycles. The molecule has 138 valence electrons. The highest BCUT2D eigenvalue weighted by Crippen LogP contribution is 2.29. The van der Waals surface area contributed by atoms with Crippen LogP contribution in [0.1, 0.15) is 36.7 Å². The van der Waals surface area contributed by atoms with Crippen molar-refractivity contribution in [2.45, 2.75) is 32.9 Å². The Morgan fingerprint density at radius 3 is 2.54 bits per heavy atom. The van der Waals surface area contributed by atoms with E-state index in [9.17, 15) is 9.59 Å². The lowest BCUT2D eigenvalue weighted by molar-refractivity contribution is -0.125. The quantitative estimate of drug-likeness (QED) is 0.746. The minimum atomic E-state index is -0.278. The number of amides is 3. The van der Waals surface area contributed by atoms with Crippen LogP contribution in [0.2, 0.25) is 0 Å². The zero-order valence-corrected chi connectivity index (χ0v) is 15.6. The molecule has 0 radical (unpaired) electrons. The van der Waals surface area contributed by atoms with Gasteiger partial charge in [0, 0.05) is 7.05 Å². The Labute approximate surface area is 153 Å². The molecule has 1 aromatic carbocycles. The van der Waals surface area contributed by atoms with Gasteiger partial charge in [0.2, 0.25) is 5.88 Å².